The highest BCUT2D eigenvalue weighted by molar-refractivity contribution is 5.82. The van der Waals surface area contributed by atoms with E-state index in [9.17, 15) is 4.79 Å². The number of pyridine rings is 1. The smallest absolute Gasteiger partial charge is 0.239 e. The number of carbonyl (C=O) groups excluding carboxylic acids is 1. The normalized spacial score (nSPS) is 21.2. The average Bonchev–Trinajstić information content (AvgIpc) is 2.32. The molecule has 0 radical (unpaired) electrons. The van der Waals surface area contributed by atoms with E-state index in [0.717, 1.165) is 32.4 Å². The predicted molar refractivity (Wildman–Crippen MR) is 61.7 cm³/mol. The van der Waals surface area contributed by atoms with Gasteiger partial charge in [-0.2, -0.15) is 0 Å². The molecule has 2 rings (SSSR count). The van der Waals surface area contributed by atoms with Crippen LogP contribution in [0.15, 0.2) is 24.5 Å². The van der Waals surface area contributed by atoms with Gasteiger partial charge in [0.15, 0.2) is 0 Å². The summed E-state index contributed by atoms with van der Waals surface area (Å²) in [4.78, 5) is 17.6. The molecule has 0 bridgehead atoms. The number of amides is 1. The maximum absolute atomic E-state index is 11.7. The Kier molecular flexibility index (Phi) is 3.51. The molecule has 4 nitrogen and oxygen atoms in total. The lowest BCUT2D eigenvalue weighted by Gasteiger charge is -2.30. The standard InChI is InChI=1S/C12H17N3O/c13-11-2-1-8-15(12(11)16)9-5-10-3-6-14-7-4-10/h3-4,6-7,11H,1-2,5,8-9,13H2. The number of piperidine rings is 1. The number of hydrogen-bond donors (Lipinski definition) is 1. The van der Waals surface area contributed by atoms with Gasteiger partial charge in [-0.15, -0.1) is 0 Å². The summed E-state index contributed by atoms with van der Waals surface area (Å²) in [7, 11) is 0. The number of hydrogen-bond acceptors (Lipinski definition) is 3. The summed E-state index contributed by atoms with van der Waals surface area (Å²) in [5.41, 5.74) is 6.95. The van der Waals surface area contributed by atoms with E-state index in [2.05, 4.69) is 4.98 Å². The third kappa shape index (κ3) is 2.58. The van der Waals surface area contributed by atoms with Crippen molar-refractivity contribution in [2.75, 3.05) is 13.1 Å². The van der Waals surface area contributed by atoms with Gasteiger partial charge in [0, 0.05) is 25.5 Å². The van der Waals surface area contributed by atoms with E-state index in [1.165, 1.54) is 5.56 Å². The zero-order chi connectivity index (χ0) is 11.4. The molecule has 2 N–H and O–H groups in total. The summed E-state index contributed by atoms with van der Waals surface area (Å²) >= 11 is 0. The second-order valence-electron chi connectivity index (χ2n) is 4.18. The lowest BCUT2D eigenvalue weighted by molar-refractivity contribution is -0.134. The van der Waals surface area contributed by atoms with Crippen LogP contribution in [0.25, 0.3) is 0 Å². The summed E-state index contributed by atoms with van der Waals surface area (Å²) in [6, 6.07) is 3.68. The zero-order valence-corrected chi connectivity index (χ0v) is 9.30. The molecule has 2 heterocycles. The molecule has 1 aliphatic heterocycles. The Hall–Kier alpha value is -1.42. The van der Waals surface area contributed by atoms with Gasteiger partial charge in [0.05, 0.1) is 6.04 Å². The van der Waals surface area contributed by atoms with E-state index >= 15 is 0 Å². The van der Waals surface area contributed by atoms with E-state index in [1.54, 1.807) is 12.4 Å². The Balaban J connectivity index is 1.88. The molecule has 86 valence electrons. The predicted octanol–water partition coefficient (Wildman–Crippen LogP) is 0.574. The number of nitrogens with zero attached hydrogens (tertiary/aromatic N) is 2. The van der Waals surface area contributed by atoms with Crippen molar-refractivity contribution >= 4 is 5.91 Å². The molecule has 0 spiro atoms. The van der Waals surface area contributed by atoms with E-state index in [-0.39, 0.29) is 11.9 Å². The van der Waals surface area contributed by atoms with Crippen molar-refractivity contribution in [3.05, 3.63) is 30.1 Å². The molecule has 0 aliphatic carbocycles. The van der Waals surface area contributed by atoms with Gasteiger partial charge in [-0.05, 0) is 37.0 Å². The van der Waals surface area contributed by atoms with Gasteiger partial charge >= 0.3 is 0 Å². The Labute approximate surface area is 95.5 Å². The minimum Gasteiger partial charge on any atom is -0.341 e. The minimum absolute atomic E-state index is 0.0975. The molecule has 16 heavy (non-hydrogen) atoms. The molecule has 4 heteroatoms. The molecule has 1 unspecified atom stereocenters. The molecule has 0 saturated carbocycles. The highest BCUT2D eigenvalue weighted by Crippen LogP contribution is 2.10. The van der Waals surface area contributed by atoms with Crippen molar-refractivity contribution < 1.29 is 4.79 Å². The van der Waals surface area contributed by atoms with E-state index in [1.807, 2.05) is 17.0 Å². The third-order valence-corrected chi connectivity index (χ3v) is 2.99. The van der Waals surface area contributed by atoms with Crippen LogP contribution in [0.4, 0.5) is 0 Å². The molecule has 1 fully saturated rings. The summed E-state index contributed by atoms with van der Waals surface area (Å²) in [5.74, 6) is 0.0975. The van der Waals surface area contributed by atoms with E-state index in [4.69, 9.17) is 5.73 Å². The molecule has 1 amide bonds. The molecule has 0 aromatic carbocycles. The Bertz CT molecular complexity index is 353. The maximum Gasteiger partial charge on any atom is 0.239 e. The maximum atomic E-state index is 11.7. The average molecular weight is 219 g/mol. The van der Waals surface area contributed by atoms with Gasteiger partial charge in [-0.25, -0.2) is 0 Å². The monoisotopic (exact) mass is 219 g/mol. The van der Waals surface area contributed by atoms with Crippen molar-refractivity contribution in [1.82, 2.24) is 9.88 Å². The van der Waals surface area contributed by atoms with Crippen LogP contribution < -0.4 is 5.73 Å². The summed E-state index contributed by atoms with van der Waals surface area (Å²) in [6.45, 7) is 1.61. The van der Waals surface area contributed by atoms with Crippen LogP contribution in [0.5, 0.6) is 0 Å². The van der Waals surface area contributed by atoms with Gasteiger partial charge in [-0.3, -0.25) is 9.78 Å². The fraction of sp³-hybridized carbons (Fsp3) is 0.500. The Morgan fingerprint density at radius 3 is 2.94 bits per heavy atom. The second-order valence-corrected chi connectivity index (χ2v) is 4.18. The minimum atomic E-state index is -0.286. The van der Waals surface area contributed by atoms with Gasteiger partial charge < -0.3 is 10.6 Å². The molecule has 1 aromatic heterocycles. The summed E-state index contributed by atoms with van der Waals surface area (Å²) in [6.07, 6.45) is 6.27. The van der Waals surface area contributed by atoms with Gasteiger partial charge in [0.25, 0.3) is 0 Å². The van der Waals surface area contributed by atoms with Crippen LogP contribution in [-0.4, -0.2) is 34.9 Å². The fourth-order valence-electron chi connectivity index (χ4n) is 2.01. The van der Waals surface area contributed by atoms with Crippen molar-refractivity contribution in [2.24, 2.45) is 5.73 Å². The van der Waals surface area contributed by atoms with Crippen LogP contribution in [0.3, 0.4) is 0 Å². The van der Waals surface area contributed by atoms with Gasteiger partial charge in [-0.1, -0.05) is 0 Å². The molecule has 1 saturated heterocycles. The number of carbonyl (C=O) groups is 1. The number of rotatable bonds is 3. The number of aromatic nitrogens is 1. The van der Waals surface area contributed by atoms with Crippen LogP contribution in [0.1, 0.15) is 18.4 Å². The van der Waals surface area contributed by atoms with Gasteiger partial charge in [0.1, 0.15) is 0 Å². The molecule has 1 aliphatic rings. The zero-order valence-electron chi connectivity index (χ0n) is 9.30. The first-order chi connectivity index (χ1) is 7.77. The lowest BCUT2D eigenvalue weighted by Crippen LogP contribution is -2.48. The Morgan fingerprint density at radius 2 is 2.19 bits per heavy atom. The van der Waals surface area contributed by atoms with Crippen molar-refractivity contribution in [3.8, 4) is 0 Å². The topological polar surface area (TPSA) is 59.2 Å². The quantitative estimate of drug-likeness (QED) is 0.808. The first-order valence-electron chi connectivity index (χ1n) is 5.70. The van der Waals surface area contributed by atoms with Crippen LogP contribution in [0, 0.1) is 0 Å². The molecular weight excluding hydrogens is 202 g/mol. The van der Waals surface area contributed by atoms with E-state index in [0.29, 0.717) is 0 Å². The molecule has 1 aromatic rings. The Morgan fingerprint density at radius 1 is 1.44 bits per heavy atom. The largest absolute Gasteiger partial charge is 0.341 e. The summed E-state index contributed by atoms with van der Waals surface area (Å²) in [5, 5.41) is 0. The number of likely N-dealkylation sites (tertiary alicyclic amines) is 1. The third-order valence-electron chi connectivity index (χ3n) is 2.99. The van der Waals surface area contributed by atoms with E-state index < -0.39 is 0 Å². The lowest BCUT2D eigenvalue weighted by atomic mass is 10.0. The first-order valence-corrected chi connectivity index (χ1v) is 5.70. The highest BCUT2D eigenvalue weighted by Gasteiger charge is 2.24. The number of nitrogens with two attached hydrogens (primary N) is 1. The fourth-order valence-corrected chi connectivity index (χ4v) is 2.01. The molecule has 1 atom stereocenters. The second kappa shape index (κ2) is 5.07. The summed E-state index contributed by atoms with van der Waals surface area (Å²) < 4.78 is 0. The van der Waals surface area contributed by atoms with Crippen molar-refractivity contribution in [3.63, 3.8) is 0 Å². The SMILES string of the molecule is NC1CCCN(CCc2ccncc2)C1=O. The molecular formula is C12H17N3O. The van der Waals surface area contributed by atoms with Crippen molar-refractivity contribution in [2.45, 2.75) is 25.3 Å². The van der Waals surface area contributed by atoms with Crippen LogP contribution in [0.2, 0.25) is 0 Å². The van der Waals surface area contributed by atoms with Crippen molar-refractivity contribution in [1.29, 1.82) is 0 Å². The highest BCUT2D eigenvalue weighted by atomic mass is 16.2. The van der Waals surface area contributed by atoms with Gasteiger partial charge in [0.2, 0.25) is 5.91 Å². The first kappa shape index (κ1) is 11.1. The van der Waals surface area contributed by atoms with Crippen LogP contribution in [-0.2, 0) is 11.2 Å². The van der Waals surface area contributed by atoms with Crippen LogP contribution >= 0.6 is 0 Å².